The van der Waals surface area contributed by atoms with Crippen LogP contribution in [0.3, 0.4) is 0 Å². The molecule has 0 bridgehead atoms. The van der Waals surface area contributed by atoms with Crippen molar-refractivity contribution in [2.24, 2.45) is 23.2 Å². The molecule has 0 aromatic rings. The molecule has 2 nitrogen and oxygen atoms in total. The van der Waals surface area contributed by atoms with Gasteiger partial charge in [-0.15, -0.1) is 0 Å². The Morgan fingerprint density at radius 3 is 2.15 bits per heavy atom. The number of hydrogen-bond donors (Lipinski definition) is 0. The third kappa shape index (κ3) is 7.17. The van der Waals surface area contributed by atoms with E-state index in [4.69, 9.17) is 8.85 Å². The Morgan fingerprint density at radius 1 is 1.00 bits per heavy atom. The summed E-state index contributed by atoms with van der Waals surface area (Å²) in [5, 5.41) is 1.49. The summed E-state index contributed by atoms with van der Waals surface area (Å²) in [5.41, 5.74) is 4.68. The molecule has 0 N–H and O–H groups in total. The summed E-state index contributed by atoms with van der Waals surface area (Å²) in [6.07, 6.45) is 13.8. The molecular weight excluding hydrogens is 576 g/mol. The van der Waals surface area contributed by atoms with Crippen molar-refractivity contribution in [2.75, 3.05) is 5.33 Å². The lowest BCUT2D eigenvalue weighted by molar-refractivity contribution is 0.0969. The molecule has 0 amide bonds. The Labute approximate surface area is 253 Å². The summed E-state index contributed by atoms with van der Waals surface area (Å²) >= 11 is 3.79. The van der Waals surface area contributed by atoms with Gasteiger partial charge in [0.1, 0.15) is 0 Å². The maximum atomic E-state index is 7.05. The second-order valence-corrected chi connectivity index (χ2v) is 26.7. The van der Waals surface area contributed by atoms with E-state index in [1.54, 1.807) is 5.57 Å². The fourth-order valence-corrected chi connectivity index (χ4v) is 10.2. The van der Waals surface area contributed by atoms with Gasteiger partial charge >= 0.3 is 0 Å². The van der Waals surface area contributed by atoms with Gasteiger partial charge in [0, 0.05) is 11.8 Å². The molecule has 0 aromatic heterocycles. The maximum absolute atomic E-state index is 7.05. The van der Waals surface area contributed by atoms with E-state index in [1.807, 2.05) is 0 Å². The lowest BCUT2D eigenvalue weighted by Gasteiger charge is -2.45. The van der Waals surface area contributed by atoms with Crippen LogP contribution in [-0.2, 0) is 8.85 Å². The molecule has 3 aliphatic carbocycles. The van der Waals surface area contributed by atoms with Gasteiger partial charge in [0.2, 0.25) is 0 Å². The number of hydrogen-bond acceptors (Lipinski definition) is 2. The SMILES string of the molecule is C=C1/C(=C\C=C2/CCC[C@@]3(C)C2CC[C@@H]3[C@H](C)CBr)C[C@@H](O[Si](C)(C)C(C)(C)C)C[C@@H]1O[Si](C)(C)C(C)(C)C. The van der Waals surface area contributed by atoms with Crippen LogP contribution in [0.5, 0.6) is 0 Å². The minimum absolute atomic E-state index is 0.0475. The van der Waals surface area contributed by atoms with Crippen molar-refractivity contribution >= 4 is 32.6 Å². The molecule has 0 aliphatic heterocycles. The maximum Gasteiger partial charge on any atom is 0.192 e. The van der Waals surface area contributed by atoms with Crippen molar-refractivity contribution in [3.05, 3.63) is 35.5 Å². The summed E-state index contributed by atoms with van der Waals surface area (Å²) in [7, 11) is -3.84. The predicted molar refractivity (Wildman–Crippen MR) is 180 cm³/mol. The summed E-state index contributed by atoms with van der Waals surface area (Å²) in [6, 6.07) is 0. The van der Waals surface area contributed by atoms with Gasteiger partial charge in [0.05, 0.1) is 12.2 Å². The van der Waals surface area contributed by atoms with E-state index in [2.05, 4.69) is 116 Å². The first kappa shape index (κ1) is 33.6. The minimum Gasteiger partial charge on any atom is -0.413 e. The molecule has 3 aliphatic rings. The zero-order valence-electron chi connectivity index (χ0n) is 27.6. The van der Waals surface area contributed by atoms with Gasteiger partial charge < -0.3 is 8.85 Å². The van der Waals surface area contributed by atoms with Crippen LogP contribution in [0.25, 0.3) is 0 Å². The molecule has 3 rings (SSSR count). The van der Waals surface area contributed by atoms with Gasteiger partial charge in [-0.1, -0.05) is 95.6 Å². The van der Waals surface area contributed by atoms with Gasteiger partial charge in [0.25, 0.3) is 0 Å². The van der Waals surface area contributed by atoms with Gasteiger partial charge in [-0.05, 0) is 109 Å². The van der Waals surface area contributed by atoms with E-state index in [-0.39, 0.29) is 22.3 Å². The Morgan fingerprint density at radius 2 is 1.59 bits per heavy atom. The molecule has 1 unspecified atom stereocenters. The molecule has 3 fully saturated rings. The summed E-state index contributed by atoms with van der Waals surface area (Å²) in [5.74, 6) is 2.30. The highest BCUT2D eigenvalue weighted by atomic mass is 79.9. The van der Waals surface area contributed by atoms with Crippen molar-refractivity contribution in [3.8, 4) is 0 Å². The van der Waals surface area contributed by atoms with E-state index in [1.165, 1.54) is 43.3 Å². The molecule has 39 heavy (non-hydrogen) atoms. The summed E-state index contributed by atoms with van der Waals surface area (Å²) in [4.78, 5) is 0. The smallest absolute Gasteiger partial charge is 0.192 e. The number of rotatable bonds is 7. The number of fused-ring (bicyclic) bond motifs is 1. The van der Waals surface area contributed by atoms with Crippen LogP contribution >= 0.6 is 15.9 Å². The predicted octanol–water partition coefficient (Wildman–Crippen LogP) is 11.2. The highest BCUT2D eigenvalue weighted by Crippen LogP contribution is 2.59. The molecule has 0 aromatic carbocycles. The van der Waals surface area contributed by atoms with Crippen LogP contribution in [0.4, 0.5) is 0 Å². The highest BCUT2D eigenvalue weighted by Gasteiger charge is 2.50. The largest absolute Gasteiger partial charge is 0.413 e. The first-order valence-electron chi connectivity index (χ1n) is 15.7. The Bertz CT molecular complexity index is 951. The standard InChI is InChI=1S/C34H61BrO2Si2/c1-24(23-35)29-18-19-30-26(15-14-20-34(29,30)9)16-17-27-21-28(36-38(10,11)32(3,4)5)22-31(25(27)2)37-39(12,13)33(6,7)8/h16-17,24,28-31H,2,14-15,18-23H2,1,3-13H3/b26-16+,27-17-/t24-,28-,29-,30?,31+,34-/m1/s1. The quantitative estimate of drug-likeness (QED) is 0.204. The second kappa shape index (κ2) is 12.0. The molecule has 0 spiro atoms. The normalized spacial score (nSPS) is 34.0. The molecule has 3 saturated carbocycles. The number of alkyl halides is 1. The average Bonchev–Trinajstić information content (AvgIpc) is 3.15. The van der Waals surface area contributed by atoms with Crippen LogP contribution < -0.4 is 0 Å². The molecule has 0 radical (unpaired) electrons. The summed E-state index contributed by atoms with van der Waals surface area (Å²) in [6.45, 7) is 33.3. The van der Waals surface area contributed by atoms with Crippen molar-refractivity contribution in [1.82, 2.24) is 0 Å². The molecule has 0 saturated heterocycles. The Hall–Kier alpha value is 0.0538. The van der Waals surface area contributed by atoms with Crippen molar-refractivity contribution in [2.45, 2.75) is 149 Å². The lowest BCUT2D eigenvalue weighted by atomic mass is 9.61. The van der Waals surface area contributed by atoms with Gasteiger partial charge in [0.15, 0.2) is 16.6 Å². The zero-order chi connectivity index (χ0) is 29.6. The third-order valence-electron chi connectivity index (χ3n) is 11.7. The van der Waals surface area contributed by atoms with Gasteiger partial charge in [-0.25, -0.2) is 0 Å². The van der Waals surface area contributed by atoms with Crippen LogP contribution in [-0.4, -0.2) is 34.2 Å². The highest BCUT2D eigenvalue weighted by molar-refractivity contribution is 9.09. The van der Waals surface area contributed by atoms with Crippen LogP contribution in [0, 0.1) is 23.2 Å². The minimum atomic E-state index is -1.95. The fraction of sp³-hybridized carbons (Fsp3) is 0.824. The van der Waals surface area contributed by atoms with E-state index in [0.717, 1.165) is 35.9 Å². The van der Waals surface area contributed by atoms with E-state index >= 15 is 0 Å². The lowest BCUT2D eigenvalue weighted by Crippen LogP contribution is -2.49. The molecule has 224 valence electrons. The van der Waals surface area contributed by atoms with E-state index < -0.39 is 16.6 Å². The first-order chi connectivity index (χ1) is 17.7. The van der Waals surface area contributed by atoms with Crippen molar-refractivity contribution in [3.63, 3.8) is 0 Å². The molecular formula is C34H61BrO2Si2. The molecule has 0 heterocycles. The Balaban J connectivity index is 1.93. The zero-order valence-corrected chi connectivity index (χ0v) is 31.2. The van der Waals surface area contributed by atoms with Crippen LogP contribution in [0.2, 0.25) is 36.3 Å². The average molecular weight is 638 g/mol. The number of allylic oxidation sites excluding steroid dienone is 3. The monoisotopic (exact) mass is 636 g/mol. The molecule has 5 heteroatoms. The van der Waals surface area contributed by atoms with Crippen molar-refractivity contribution < 1.29 is 8.85 Å². The topological polar surface area (TPSA) is 18.5 Å². The fourth-order valence-electron chi connectivity index (χ4n) is 7.09. The van der Waals surface area contributed by atoms with Gasteiger partial charge in [-0.2, -0.15) is 0 Å². The van der Waals surface area contributed by atoms with Crippen LogP contribution in [0.15, 0.2) is 35.5 Å². The number of halogens is 1. The van der Waals surface area contributed by atoms with Gasteiger partial charge in [-0.3, -0.25) is 0 Å². The third-order valence-corrected chi connectivity index (χ3v) is 21.7. The Kier molecular flexibility index (Phi) is 10.3. The summed E-state index contributed by atoms with van der Waals surface area (Å²) < 4.78 is 14.1. The van der Waals surface area contributed by atoms with Crippen molar-refractivity contribution in [1.29, 1.82) is 0 Å². The van der Waals surface area contributed by atoms with E-state index in [9.17, 15) is 0 Å². The molecule has 6 atom stereocenters. The first-order valence-corrected chi connectivity index (χ1v) is 22.7. The second-order valence-electron chi connectivity index (χ2n) is 16.5. The van der Waals surface area contributed by atoms with E-state index in [0.29, 0.717) is 5.41 Å². The van der Waals surface area contributed by atoms with Crippen LogP contribution in [0.1, 0.15) is 100 Å².